The Hall–Kier alpha value is -2.27. The van der Waals surface area contributed by atoms with Crippen molar-refractivity contribution < 1.29 is 4.79 Å². The standard InChI is InChI=1S/C17H15N3OS/c21-17(12-5-3-9-18-11-12)20-10-4-7-14(20)16-19-13-6-1-2-8-15(13)22-16/h1-3,5-6,8-9,11,14H,4,7,10H2/t14-/m0/s1. The van der Waals surface area contributed by atoms with Crippen molar-refractivity contribution in [3.8, 4) is 0 Å². The number of nitrogens with zero attached hydrogens (tertiary/aromatic N) is 3. The summed E-state index contributed by atoms with van der Waals surface area (Å²) in [6, 6.07) is 11.8. The summed E-state index contributed by atoms with van der Waals surface area (Å²) in [4.78, 5) is 23.4. The molecule has 1 amide bonds. The summed E-state index contributed by atoms with van der Waals surface area (Å²) in [7, 11) is 0. The van der Waals surface area contributed by atoms with Crippen LogP contribution in [-0.2, 0) is 0 Å². The third kappa shape index (κ3) is 2.27. The molecule has 110 valence electrons. The molecule has 0 unspecified atom stereocenters. The Morgan fingerprint density at radius 2 is 2.14 bits per heavy atom. The van der Waals surface area contributed by atoms with Crippen LogP contribution < -0.4 is 0 Å². The molecule has 2 aromatic heterocycles. The second-order valence-electron chi connectivity index (χ2n) is 5.42. The van der Waals surface area contributed by atoms with Gasteiger partial charge < -0.3 is 4.90 Å². The fourth-order valence-electron chi connectivity index (χ4n) is 2.95. The lowest BCUT2D eigenvalue weighted by molar-refractivity contribution is 0.0735. The third-order valence-corrected chi connectivity index (χ3v) is 5.16. The molecule has 3 aromatic rings. The van der Waals surface area contributed by atoms with Gasteiger partial charge in [0, 0.05) is 18.9 Å². The number of aromatic nitrogens is 2. The summed E-state index contributed by atoms with van der Waals surface area (Å²) in [6.45, 7) is 0.786. The minimum absolute atomic E-state index is 0.0508. The Labute approximate surface area is 132 Å². The predicted molar refractivity (Wildman–Crippen MR) is 86.9 cm³/mol. The summed E-state index contributed by atoms with van der Waals surface area (Å²) < 4.78 is 1.18. The van der Waals surface area contributed by atoms with Crippen LogP contribution in [0.15, 0.2) is 48.8 Å². The zero-order valence-corrected chi connectivity index (χ0v) is 12.8. The van der Waals surface area contributed by atoms with Crippen LogP contribution in [0.5, 0.6) is 0 Å². The fourth-order valence-corrected chi connectivity index (χ4v) is 4.07. The molecule has 1 fully saturated rings. The lowest BCUT2D eigenvalue weighted by atomic mass is 10.2. The van der Waals surface area contributed by atoms with Gasteiger partial charge in [0.1, 0.15) is 5.01 Å². The van der Waals surface area contributed by atoms with Gasteiger partial charge in [-0.05, 0) is 37.1 Å². The molecule has 4 rings (SSSR count). The molecule has 1 aliphatic rings. The van der Waals surface area contributed by atoms with E-state index in [-0.39, 0.29) is 11.9 Å². The first-order valence-electron chi connectivity index (χ1n) is 7.39. The molecule has 22 heavy (non-hydrogen) atoms. The van der Waals surface area contributed by atoms with Crippen LogP contribution in [0.1, 0.15) is 34.2 Å². The summed E-state index contributed by atoms with van der Waals surface area (Å²) in [6.07, 6.45) is 5.32. The van der Waals surface area contributed by atoms with E-state index in [1.54, 1.807) is 29.8 Å². The number of para-hydroxylation sites is 1. The van der Waals surface area contributed by atoms with Crippen molar-refractivity contribution in [3.05, 3.63) is 59.4 Å². The number of hydrogen-bond acceptors (Lipinski definition) is 4. The molecule has 1 saturated heterocycles. The van der Waals surface area contributed by atoms with Gasteiger partial charge in [-0.1, -0.05) is 12.1 Å². The molecule has 1 aliphatic heterocycles. The maximum Gasteiger partial charge on any atom is 0.256 e. The van der Waals surface area contributed by atoms with Crippen LogP contribution in [0.25, 0.3) is 10.2 Å². The average molecular weight is 309 g/mol. The van der Waals surface area contributed by atoms with Gasteiger partial charge in [-0.2, -0.15) is 0 Å². The largest absolute Gasteiger partial charge is 0.329 e. The average Bonchev–Trinajstić information content (AvgIpc) is 3.21. The summed E-state index contributed by atoms with van der Waals surface area (Å²) in [5.41, 5.74) is 1.67. The molecule has 0 bridgehead atoms. The zero-order valence-electron chi connectivity index (χ0n) is 12.0. The first-order chi connectivity index (χ1) is 10.8. The molecule has 1 atom stereocenters. The van der Waals surface area contributed by atoms with Crippen molar-refractivity contribution in [2.75, 3.05) is 6.54 Å². The van der Waals surface area contributed by atoms with E-state index in [1.807, 2.05) is 29.2 Å². The third-order valence-electron chi connectivity index (χ3n) is 4.02. The number of likely N-dealkylation sites (tertiary alicyclic amines) is 1. The summed E-state index contributed by atoms with van der Waals surface area (Å²) in [5.74, 6) is 0.0508. The molecule has 1 aromatic carbocycles. The summed E-state index contributed by atoms with van der Waals surface area (Å²) in [5, 5.41) is 1.04. The molecule has 3 heterocycles. The molecule has 0 radical (unpaired) electrons. The van der Waals surface area contributed by atoms with E-state index >= 15 is 0 Å². The first-order valence-corrected chi connectivity index (χ1v) is 8.21. The number of fused-ring (bicyclic) bond motifs is 1. The van der Waals surface area contributed by atoms with Crippen molar-refractivity contribution in [1.29, 1.82) is 0 Å². The van der Waals surface area contributed by atoms with Gasteiger partial charge in [-0.3, -0.25) is 9.78 Å². The highest BCUT2D eigenvalue weighted by Crippen LogP contribution is 2.37. The van der Waals surface area contributed by atoms with Gasteiger partial charge in [-0.15, -0.1) is 11.3 Å². The number of rotatable bonds is 2. The first kappa shape index (κ1) is 13.4. The van der Waals surface area contributed by atoms with E-state index in [0.29, 0.717) is 5.56 Å². The van der Waals surface area contributed by atoms with Crippen molar-refractivity contribution >= 4 is 27.5 Å². The molecule has 4 nitrogen and oxygen atoms in total. The minimum Gasteiger partial charge on any atom is -0.329 e. The van der Waals surface area contributed by atoms with E-state index in [1.165, 1.54) is 4.70 Å². The van der Waals surface area contributed by atoms with Crippen LogP contribution in [0.4, 0.5) is 0 Å². The molecule has 0 N–H and O–H groups in total. The predicted octanol–water partition coefficient (Wildman–Crippen LogP) is 3.67. The van der Waals surface area contributed by atoms with Crippen molar-refractivity contribution in [1.82, 2.24) is 14.9 Å². The van der Waals surface area contributed by atoms with E-state index in [2.05, 4.69) is 11.1 Å². The molecular weight excluding hydrogens is 294 g/mol. The molecule has 5 heteroatoms. The quantitative estimate of drug-likeness (QED) is 0.725. The van der Waals surface area contributed by atoms with Crippen molar-refractivity contribution in [2.24, 2.45) is 0 Å². The number of carbonyl (C=O) groups is 1. The maximum atomic E-state index is 12.7. The highest BCUT2D eigenvalue weighted by Gasteiger charge is 2.32. The number of amides is 1. The number of thiazole rings is 1. The molecule has 0 spiro atoms. The second kappa shape index (κ2) is 5.50. The normalized spacial score (nSPS) is 18.0. The highest BCUT2D eigenvalue weighted by atomic mass is 32.1. The number of carbonyl (C=O) groups excluding carboxylic acids is 1. The van der Waals surface area contributed by atoms with Gasteiger partial charge in [-0.25, -0.2) is 4.98 Å². The van der Waals surface area contributed by atoms with Gasteiger partial charge in [0.15, 0.2) is 0 Å². The van der Waals surface area contributed by atoms with E-state index in [9.17, 15) is 4.79 Å². The number of hydrogen-bond donors (Lipinski definition) is 0. The molecule has 0 saturated carbocycles. The maximum absolute atomic E-state index is 12.7. The monoisotopic (exact) mass is 309 g/mol. The van der Waals surface area contributed by atoms with E-state index < -0.39 is 0 Å². The SMILES string of the molecule is O=C(c1cccnc1)N1CCC[C@H]1c1nc2ccccc2s1. The zero-order chi connectivity index (χ0) is 14.9. The van der Waals surface area contributed by atoms with Crippen LogP contribution in [-0.4, -0.2) is 27.3 Å². The van der Waals surface area contributed by atoms with Crippen molar-refractivity contribution in [3.63, 3.8) is 0 Å². The molecule has 0 aliphatic carbocycles. The Bertz CT molecular complexity index is 782. The van der Waals surface area contributed by atoms with Gasteiger partial charge in [0.2, 0.25) is 0 Å². The van der Waals surface area contributed by atoms with Crippen molar-refractivity contribution in [2.45, 2.75) is 18.9 Å². The Morgan fingerprint density at radius 3 is 2.95 bits per heavy atom. The van der Waals surface area contributed by atoms with Gasteiger partial charge in [0.25, 0.3) is 5.91 Å². The van der Waals surface area contributed by atoms with Crippen LogP contribution >= 0.6 is 11.3 Å². The summed E-state index contributed by atoms with van der Waals surface area (Å²) >= 11 is 1.69. The Morgan fingerprint density at radius 1 is 1.23 bits per heavy atom. The lowest BCUT2D eigenvalue weighted by Crippen LogP contribution is -2.30. The van der Waals surface area contributed by atoms with E-state index in [0.717, 1.165) is 29.9 Å². The van der Waals surface area contributed by atoms with Crippen LogP contribution in [0.2, 0.25) is 0 Å². The van der Waals surface area contributed by atoms with E-state index in [4.69, 9.17) is 4.98 Å². The highest BCUT2D eigenvalue weighted by molar-refractivity contribution is 7.18. The Balaban J connectivity index is 1.67. The minimum atomic E-state index is 0.0508. The van der Waals surface area contributed by atoms with Gasteiger partial charge in [0.05, 0.1) is 21.8 Å². The van der Waals surface area contributed by atoms with Gasteiger partial charge >= 0.3 is 0 Å². The lowest BCUT2D eigenvalue weighted by Gasteiger charge is -2.22. The van der Waals surface area contributed by atoms with Crippen LogP contribution in [0.3, 0.4) is 0 Å². The smallest absolute Gasteiger partial charge is 0.256 e. The Kier molecular flexibility index (Phi) is 3.35. The fraction of sp³-hybridized carbons (Fsp3) is 0.235. The molecular formula is C17H15N3OS. The number of pyridine rings is 1. The van der Waals surface area contributed by atoms with Crippen LogP contribution in [0, 0.1) is 0 Å². The topological polar surface area (TPSA) is 46.1 Å². The second-order valence-corrected chi connectivity index (χ2v) is 6.48. The number of benzene rings is 1.